The summed E-state index contributed by atoms with van der Waals surface area (Å²) >= 11 is 0. The van der Waals surface area contributed by atoms with Crippen LogP contribution in [0.15, 0.2) is 71.2 Å². The number of likely N-dealkylation sites (N-methyl/N-ethyl adjacent to an activating group) is 1. The highest BCUT2D eigenvalue weighted by Crippen LogP contribution is 2.53. The summed E-state index contributed by atoms with van der Waals surface area (Å²) in [5.74, 6) is -6.70. The molecule has 0 heterocycles. The predicted molar refractivity (Wildman–Crippen MR) is 164 cm³/mol. The van der Waals surface area contributed by atoms with Gasteiger partial charge >= 0.3 is 0 Å². The number of aliphatic hydroxyl groups is 3. The number of carbonyl (C=O) groups excluding carboxylic acids is 3. The average Bonchev–Trinajstić information content (AvgIpc) is 2.95. The molecule has 228 valence electrons. The van der Waals surface area contributed by atoms with Crippen LogP contribution in [0, 0.1) is 11.8 Å². The molecule has 0 saturated heterocycles. The molecule has 1 amide bonds. The van der Waals surface area contributed by atoms with Gasteiger partial charge in [-0.2, -0.15) is 0 Å². The number of nitrogens with two attached hydrogens (primary N) is 1. The van der Waals surface area contributed by atoms with Gasteiger partial charge in [0.05, 0.1) is 11.6 Å². The molecule has 10 heteroatoms. The van der Waals surface area contributed by atoms with Gasteiger partial charge in [-0.15, -0.1) is 0 Å². The first-order valence-corrected chi connectivity index (χ1v) is 14.4. The minimum absolute atomic E-state index is 0.00951. The van der Waals surface area contributed by atoms with Crippen LogP contribution in [0.25, 0.3) is 21.9 Å². The van der Waals surface area contributed by atoms with Crippen molar-refractivity contribution in [2.45, 2.75) is 31.0 Å². The molecule has 0 bridgehead atoms. The molecule has 0 aliphatic heterocycles. The summed E-state index contributed by atoms with van der Waals surface area (Å²) in [5.41, 5.74) is 5.09. The lowest BCUT2D eigenvalue weighted by Crippen LogP contribution is -2.63. The second-order valence-corrected chi connectivity index (χ2v) is 12.5. The van der Waals surface area contributed by atoms with Crippen molar-refractivity contribution in [3.63, 3.8) is 0 Å². The van der Waals surface area contributed by atoms with E-state index in [1.165, 1.54) is 11.0 Å². The lowest BCUT2D eigenvalue weighted by atomic mass is 9.58. The van der Waals surface area contributed by atoms with Gasteiger partial charge < -0.3 is 31.1 Å². The molecule has 6 N–H and O–H groups in total. The number of amides is 1. The summed E-state index contributed by atoms with van der Waals surface area (Å²) in [6.07, 6.45) is 0.245. The van der Waals surface area contributed by atoms with Crippen molar-refractivity contribution < 1.29 is 34.8 Å². The van der Waals surface area contributed by atoms with E-state index >= 15 is 0 Å². The topological polar surface area (TPSA) is 165 Å². The Hall–Kier alpha value is -4.51. The fourth-order valence-electron chi connectivity index (χ4n) is 7.58. The molecule has 0 aromatic heterocycles. The summed E-state index contributed by atoms with van der Waals surface area (Å²) in [5, 5.41) is 47.4. The molecule has 0 spiro atoms. The number of aliphatic hydroxyl groups excluding tert-OH is 2. The van der Waals surface area contributed by atoms with Gasteiger partial charge in [0.2, 0.25) is 5.78 Å². The van der Waals surface area contributed by atoms with Crippen molar-refractivity contribution >= 4 is 28.2 Å². The Morgan fingerprint density at radius 3 is 2.25 bits per heavy atom. The Bertz CT molecular complexity index is 1840. The molecule has 10 nitrogen and oxygen atoms in total. The van der Waals surface area contributed by atoms with E-state index in [2.05, 4.69) is 17.0 Å². The number of nitrogens with zero attached hydrogens (tertiary/aromatic N) is 2. The number of rotatable bonds is 5. The first kappa shape index (κ1) is 29.6. The monoisotopic (exact) mass is 597 g/mol. The first-order valence-electron chi connectivity index (χ1n) is 14.4. The van der Waals surface area contributed by atoms with Crippen molar-refractivity contribution in [3.8, 4) is 16.9 Å². The van der Waals surface area contributed by atoms with Crippen molar-refractivity contribution in [3.05, 3.63) is 87.9 Å². The van der Waals surface area contributed by atoms with Crippen LogP contribution >= 0.6 is 0 Å². The van der Waals surface area contributed by atoms with E-state index in [9.17, 15) is 34.8 Å². The summed E-state index contributed by atoms with van der Waals surface area (Å²) in [6, 6.07) is 14.2. The highest BCUT2D eigenvalue weighted by atomic mass is 16.3. The Balaban J connectivity index is 1.55. The van der Waals surface area contributed by atoms with Crippen LogP contribution < -0.4 is 5.73 Å². The Morgan fingerprint density at radius 2 is 1.61 bits per heavy atom. The maximum Gasteiger partial charge on any atom is 0.255 e. The largest absolute Gasteiger partial charge is 0.510 e. The SMILES string of the molecule is CN(C)Cc1ccc(-c2ccc(O)c3c2C[C@H]2C[C@H]4C(N(C)C)C(O)=C(C(N)=O)C(=O)[C@@]4(O)C(O)=C2C3=O)c2ccccc12. The van der Waals surface area contributed by atoms with E-state index in [-0.39, 0.29) is 29.7 Å². The maximum atomic E-state index is 14.2. The summed E-state index contributed by atoms with van der Waals surface area (Å²) in [4.78, 5) is 43.5. The molecule has 3 aliphatic rings. The molecule has 3 aromatic carbocycles. The van der Waals surface area contributed by atoms with E-state index in [1.807, 2.05) is 38.4 Å². The number of allylic oxidation sites excluding steroid dienone is 1. The summed E-state index contributed by atoms with van der Waals surface area (Å²) in [6.45, 7) is 0.733. The molecule has 44 heavy (non-hydrogen) atoms. The van der Waals surface area contributed by atoms with E-state index < -0.39 is 58.0 Å². The quantitative estimate of drug-likeness (QED) is 0.278. The zero-order valence-corrected chi connectivity index (χ0v) is 25.0. The highest BCUT2D eigenvalue weighted by Gasteiger charge is 2.63. The number of benzene rings is 3. The van der Waals surface area contributed by atoms with E-state index in [0.29, 0.717) is 5.56 Å². The number of ketones is 2. The second-order valence-electron chi connectivity index (χ2n) is 12.5. The van der Waals surface area contributed by atoms with Crippen LogP contribution in [0.1, 0.15) is 27.9 Å². The van der Waals surface area contributed by atoms with Crippen molar-refractivity contribution in [1.82, 2.24) is 9.80 Å². The zero-order chi connectivity index (χ0) is 31.8. The molecule has 0 saturated carbocycles. The van der Waals surface area contributed by atoms with E-state index in [1.54, 1.807) is 20.2 Å². The molecule has 0 radical (unpaired) electrons. The van der Waals surface area contributed by atoms with Crippen molar-refractivity contribution in [1.29, 1.82) is 0 Å². The number of phenols is 1. The van der Waals surface area contributed by atoms with Crippen LogP contribution in [0.5, 0.6) is 5.75 Å². The van der Waals surface area contributed by atoms with Gasteiger partial charge in [-0.3, -0.25) is 19.3 Å². The van der Waals surface area contributed by atoms with E-state index in [4.69, 9.17) is 5.73 Å². The lowest BCUT2D eigenvalue weighted by Gasteiger charge is -2.50. The summed E-state index contributed by atoms with van der Waals surface area (Å²) in [7, 11) is 7.21. The molecule has 0 fully saturated rings. The van der Waals surface area contributed by atoms with Crippen molar-refractivity contribution in [2.24, 2.45) is 17.6 Å². The normalized spacial score (nSPS) is 25.0. The fourth-order valence-corrected chi connectivity index (χ4v) is 7.58. The van der Waals surface area contributed by atoms with Crippen LogP contribution in [-0.4, -0.2) is 87.5 Å². The van der Waals surface area contributed by atoms with Crippen LogP contribution in [0.2, 0.25) is 0 Å². The minimum atomic E-state index is -2.67. The molecule has 3 aromatic rings. The molecular weight excluding hydrogens is 562 g/mol. The fraction of sp³-hybridized carbons (Fsp3) is 0.324. The van der Waals surface area contributed by atoms with Crippen LogP contribution in [-0.2, 0) is 22.6 Å². The molecule has 1 unspecified atom stereocenters. The number of primary amides is 1. The number of phenolic OH excluding ortho intramolecular Hbond substituents is 1. The van der Waals surface area contributed by atoms with Crippen LogP contribution in [0.4, 0.5) is 0 Å². The Morgan fingerprint density at radius 1 is 0.955 bits per heavy atom. The third-order valence-electron chi connectivity index (χ3n) is 9.40. The number of fused-ring (bicyclic) bond motifs is 4. The third-order valence-corrected chi connectivity index (χ3v) is 9.40. The van der Waals surface area contributed by atoms with Gasteiger partial charge in [-0.1, -0.05) is 42.5 Å². The average molecular weight is 598 g/mol. The molecule has 4 atom stereocenters. The first-order chi connectivity index (χ1) is 20.8. The maximum absolute atomic E-state index is 14.2. The summed E-state index contributed by atoms with van der Waals surface area (Å²) < 4.78 is 0. The van der Waals surface area contributed by atoms with Crippen LogP contribution in [0.3, 0.4) is 0 Å². The van der Waals surface area contributed by atoms with E-state index in [0.717, 1.165) is 34.0 Å². The Kier molecular flexibility index (Phi) is 6.92. The second kappa shape index (κ2) is 10.3. The minimum Gasteiger partial charge on any atom is -0.510 e. The van der Waals surface area contributed by atoms with Gasteiger partial charge in [0.25, 0.3) is 5.91 Å². The molecular formula is C34H35N3O7. The molecule has 6 rings (SSSR count). The lowest BCUT2D eigenvalue weighted by molar-refractivity contribution is -0.148. The smallest absolute Gasteiger partial charge is 0.255 e. The number of aromatic hydroxyl groups is 1. The number of carbonyl (C=O) groups is 3. The van der Waals surface area contributed by atoms with Crippen molar-refractivity contribution in [2.75, 3.05) is 28.2 Å². The van der Waals surface area contributed by atoms with Gasteiger partial charge in [0, 0.05) is 18.0 Å². The predicted octanol–water partition coefficient (Wildman–Crippen LogP) is 3.00. The zero-order valence-electron chi connectivity index (χ0n) is 25.0. The van der Waals surface area contributed by atoms with Gasteiger partial charge in [-0.05, 0) is 86.0 Å². The Labute approximate surface area is 254 Å². The van der Waals surface area contributed by atoms with Gasteiger partial charge in [0.15, 0.2) is 11.4 Å². The third kappa shape index (κ3) is 4.09. The van der Waals surface area contributed by atoms with Gasteiger partial charge in [-0.25, -0.2) is 0 Å². The number of Topliss-reactive ketones (excluding diaryl/α,β-unsaturated/α-hetero) is 2. The highest BCUT2D eigenvalue weighted by molar-refractivity contribution is 6.25. The number of hydrogen-bond donors (Lipinski definition) is 5. The number of hydrogen-bond acceptors (Lipinski definition) is 9. The standard InChI is InChI=1S/C34H35N3O7/c1-36(2)15-16-9-10-20(19-8-6-5-7-18(16)19)21-11-12-24(38)26-22(21)13-17-14-23-28(37(3)4)30(40)27(33(35)43)32(42)34(23,44)31(41)25(17)29(26)39/h5-12,17,23,28,38,40-41,44H,13-15H2,1-4H3,(H2,35,43)/t17-,23-,28?,34-/m0/s1. The molecule has 3 aliphatic carbocycles. The van der Waals surface area contributed by atoms with Gasteiger partial charge in [0.1, 0.15) is 22.8 Å².